The third kappa shape index (κ3) is 3.97. The van der Waals surface area contributed by atoms with E-state index in [1.807, 2.05) is 24.3 Å². The van der Waals surface area contributed by atoms with Gasteiger partial charge in [-0.1, -0.05) is 48.5 Å². The van der Waals surface area contributed by atoms with Gasteiger partial charge in [0, 0.05) is 9.49 Å². The number of benzene rings is 3. The van der Waals surface area contributed by atoms with Crippen LogP contribution in [0.25, 0.3) is 11.1 Å². The van der Waals surface area contributed by atoms with Gasteiger partial charge in [0.25, 0.3) is 0 Å². The molecule has 4 rings (SSSR count). The molecule has 3 aromatic rings. The summed E-state index contributed by atoms with van der Waals surface area (Å²) in [5.41, 5.74) is 10.4. The molecule has 0 aliphatic heterocycles. The molecule has 0 unspecified atom stereocenters. The molecule has 3 aromatic carbocycles. The number of carbonyl (C=O) groups excluding carboxylic acids is 2. The van der Waals surface area contributed by atoms with Crippen LogP contribution in [0.1, 0.15) is 34.3 Å². The fourth-order valence-corrected chi connectivity index (χ4v) is 4.12. The maximum atomic E-state index is 12.9. The van der Waals surface area contributed by atoms with Crippen molar-refractivity contribution < 1.29 is 19.1 Å². The lowest BCUT2D eigenvalue weighted by Gasteiger charge is -2.16. The Kier molecular flexibility index (Phi) is 5.87. The minimum atomic E-state index is -0.792. The molecule has 30 heavy (non-hydrogen) atoms. The Morgan fingerprint density at radius 2 is 1.60 bits per heavy atom. The van der Waals surface area contributed by atoms with E-state index in [-0.39, 0.29) is 23.8 Å². The zero-order valence-corrected chi connectivity index (χ0v) is 18.5. The van der Waals surface area contributed by atoms with Gasteiger partial charge in [-0.05, 0) is 70.0 Å². The van der Waals surface area contributed by atoms with Crippen molar-refractivity contribution in [1.29, 1.82) is 0 Å². The molecule has 1 atom stereocenters. The fourth-order valence-electron chi connectivity index (χ4n) is 3.63. The molecule has 2 N–H and O–H groups in total. The van der Waals surface area contributed by atoms with Crippen LogP contribution >= 0.6 is 22.6 Å². The number of rotatable bonds is 5. The highest BCUT2D eigenvalue weighted by atomic mass is 127. The summed E-state index contributed by atoms with van der Waals surface area (Å²) in [6.45, 7) is 1.72. The average molecular weight is 513 g/mol. The maximum absolute atomic E-state index is 12.9. The van der Waals surface area contributed by atoms with Crippen molar-refractivity contribution in [3.63, 3.8) is 0 Å². The lowest BCUT2D eigenvalue weighted by atomic mass is 9.98. The van der Waals surface area contributed by atoms with Crippen molar-refractivity contribution in [2.75, 3.05) is 6.61 Å². The molecule has 1 aliphatic rings. The SMILES string of the molecule is C[C@H](N)C(=O)Oc1ccc(I)cc1C(=O)OCC1c2ccccc2-c2ccccc21. The van der Waals surface area contributed by atoms with Crippen molar-refractivity contribution in [2.45, 2.75) is 18.9 Å². The monoisotopic (exact) mass is 513 g/mol. The van der Waals surface area contributed by atoms with Crippen LogP contribution in [0.5, 0.6) is 5.75 Å². The summed E-state index contributed by atoms with van der Waals surface area (Å²) in [6.07, 6.45) is 0. The van der Waals surface area contributed by atoms with E-state index in [1.165, 1.54) is 6.92 Å². The van der Waals surface area contributed by atoms with Gasteiger partial charge in [-0.2, -0.15) is 0 Å². The molecular weight excluding hydrogens is 493 g/mol. The van der Waals surface area contributed by atoms with Gasteiger partial charge in [0.2, 0.25) is 0 Å². The van der Waals surface area contributed by atoms with Gasteiger partial charge < -0.3 is 15.2 Å². The Hall–Kier alpha value is -2.71. The highest BCUT2D eigenvalue weighted by molar-refractivity contribution is 14.1. The van der Waals surface area contributed by atoms with Crippen LogP contribution < -0.4 is 10.5 Å². The highest BCUT2D eigenvalue weighted by Crippen LogP contribution is 2.44. The van der Waals surface area contributed by atoms with Crippen LogP contribution in [-0.2, 0) is 9.53 Å². The van der Waals surface area contributed by atoms with Gasteiger partial charge in [-0.25, -0.2) is 9.59 Å². The topological polar surface area (TPSA) is 78.6 Å². The second kappa shape index (κ2) is 8.57. The van der Waals surface area contributed by atoms with Gasteiger partial charge in [0.1, 0.15) is 24.0 Å². The molecular formula is C24H20INO4. The van der Waals surface area contributed by atoms with E-state index in [1.54, 1.807) is 18.2 Å². The van der Waals surface area contributed by atoms with E-state index in [9.17, 15) is 9.59 Å². The number of carbonyl (C=O) groups is 2. The van der Waals surface area contributed by atoms with E-state index in [4.69, 9.17) is 15.2 Å². The molecule has 0 spiro atoms. The van der Waals surface area contributed by atoms with Gasteiger partial charge in [-0.3, -0.25) is 0 Å². The zero-order valence-electron chi connectivity index (χ0n) is 16.3. The fraction of sp³-hybridized carbons (Fsp3) is 0.167. The Labute approximate surface area is 188 Å². The normalized spacial score (nSPS) is 13.3. The summed E-state index contributed by atoms with van der Waals surface area (Å²) in [4.78, 5) is 24.8. The molecule has 152 valence electrons. The molecule has 0 saturated heterocycles. The molecule has 0 fully saturated rings. The highest BCUT2D eigenvalue weighted by Gasteiger charge is 2.29. The first-order valence-electron chi connectivity index (χ1n) is 9.58. The second-order valence-electron chi connectivity index (χ2n) is 7.18. The van der Waals surface area contributed by atoms with Crippen molar-refractivity contribution >= 4 is 34.5 Å². The minimum absolute atomic E-state index is 0.0424. The van der Waals surface area contributed by atoms with Crippen LogP contribution in [0.4, 0.5) is 0 Å². The molecule has 0 amide bonds. The number of nitrogens with two attached hydrogens (primary N) is 1. The average Bonchev–Trinajstić information content (AvgIpc) is 3.07. The maximum Gasteiger partial charge on any atom is 0.342 e. The Bertz CT molecular complexity index is 1080. The Morgan fingerprint density at radius 3 is 2.20 bits per heavy atom. The molecule has 0 heterocycles. The zero-order chi connectivity index (χ0) is 21.3. The predicted molar refractivity (Wildman–Crippen MR) is 122 cm³/mol. The lowest BCUT2D eigenvalue weighted by molar-refractivity contribution is -0.135. The number of ether oxygens (including phenoxy) is 2. The minimum Gasteiger partial charge on any atom is -0.461 e. The van der Waals surface area contributed by atoms with Gasteiger partial charge >= 0.3 is 11.9 Å². The summed E-state index contributed by atoms with van der Waals surface area (Å²) < 4.78 is 11.8. The van der Waals surface area contributed by atoms with E-state index >= 15 is 0 Å². The van der Waals surface area contributed by atoms with Crippen LogP contribution in [0, 0.1) is 3.57 Å². The Balaban J connectivity index is 1.58. The van der Waals surface area contributed by atoms with Crippen LogP contribution in [0.15, 0.2) is 66.7 Å². The van der Waals surface area contributed by atoms with Crippen molar-refractivity contribution in [1.82, 2.24) is 0 Å². The van der Waals surface area contributed by atoms with E-state index in [0.29, 0.717) is 0 Å². The summed E-state index contributed by atoms with van der Waals surface area (Å²) in [5, 5.41) is 0. The van der Waals surface area contributed by atoms with Crippen LogP contribution in [-0.4, -0.2) is 24.6 Å². The van der Waals surface area contributed by atoms with Gasteiger partial charge in [0.05, 0.1) is 0 Å². The molecule has 0 aromatic heterocycles. The van der Waals surface area contributed by atoms with E-state index < -0.39 is 18.0 Å². The predicted octanol–water partition coefficient (Wildman–Crippen LogP) is 4.51. The quantitative estimate of drug-likeness (QED) is 0.309. The van der Waals surface area contributed by atoms with Gasteiger partial charge in [-0.15, -0.1) is 0 Å². The third-order valence-electron chi connectivity index (χ3n) is 5.09. The summed E-state index contributed by atoms with van der Waals surface area (Å²) in [7, 11) is 0. The molecule has 0 radical (unpaired) electrons. The van der Waals surface area contributed by atoms with Crippen molar-refractivity contribution in [3.8, 4) is 16.9 Å². The van der Waals surface area contributed by atoms with Gasteiger partial charge in [0.15, 0.2) is 0 Å². The second-order valence-corrected chi connectivity index (χ2v) is 8.42. The number of hydrogen-bond donors (Lipinski definition) is 1. The molecule has 1 aliphatic carbocycles. The summed E-state index contributed by atoms with van der Waals surface area (Å²) >= 11 is 2.10. The smallest absolute Gasteiger partial charge is 0.342 e. The largest absolute Gasteiger partial charge is 0.461 e. The molecule has 6 heteroatoms. The third-order valence-corrected chi connectivity index (χ3v) is 5.76. The molecule has 0 bridgehead atoms. The number of fused-ring (bicyclic) bond motifs is 3. The van der Waals surface area contributed by atoms with E-state index in [2.05, 4.69) is 46.9 Å². The summed E-state index contributed by atoms with van der Waals surface area (Å²) in [5.74, 6) is -1.04. The van der Waals surface area contributed by atoms with Crippen LogP contribution in [0.2, 0.25) is 0 Å². The van der Waals surface area contributed by atoms with Crippen LogP contribution in [0.3, 0.4) is 0 Å². The molecule has 0 saturated carbocycles. The first-order chi connectivity index (χ1) is 14.5. The van der Waals surface area contributed by atoms with E-state index in [0.717, 1.165) is 25.8 Å². The summed E-state index contributed by atoms with van der Waals surface area (Å²) in [6, 6.07) is 20.5. The number of halogens is 1. The first-order valence-corrected chi connectivity index (χ1v) is 10.7. The van der Waals surface area contributed by atoms with Crippen molar-refractivity contribution in [2.24, 2.45) is 5.73 Å². The molecule has 5 nitrogen and oxygen atoms in total. The number of hydrogen-bond acceptors (Lipinski definition) is 5. The Morgan fingerprint density at radius 1 is 1.00 bits per heavy atom. The first kappa shape index (κ1) is 20.6. The lowest BCUT2D eigenvalue weighted by Crippen LogP contribution is -2.31. The standard InChI is InChI=1S/C24H20INO4/c1-14(26)23(27)30-22-11-10-15(25)12-20(22)24(28)29-13-21-18-8-4-2-6-16(18)17-7-3-5-9-19(17)21/h2-12,14,21H,13,26H2,1H3/t14-/m0/s1. The number of esters is 2. The van der Waals surface area contributed by atoms with Crippen molar-refractivity contribution in [3.05, 3.63) is 87.0 Å².